The van der Waals surface area contributed by atoms with E-state index in [1.165, 1.54) is 61.8 Å². The summed E-state index contributed by atoms with van der Waals surface area (Å²) in [7, 11) is 0. The van der Waals surface area contributed by atoms with Crippen LogP contribution in [0.3, 0.4) is 0 Å². The van der Waals surface area contributed by atoms with Crippen molar-refractivity contribution in [2.24, 2.45) is 0 Å². The second kappa shape index (κ2) is 11.3. The van der Waals surface area contributed by atoms with Crippen LogP contribution in [0.5, 0.6) is 0 Å². The Labute approximate surface area is 156 Å². The smallest absolute Gasteiger partial charge is 0.225 e. The third-order valence-electron chi connectivity index (χ3n) is 5.04. The molecule has 0 aliphatic heterocycles. The van der Waals surface area contributed by atoms with E-state index in [0.717, 1.165) is 42.7 Å². The van der Waals surface area contributed by atoms with Gasteiger partial charge in [-0.1, -0.05) is 58.3 Å². The molecule has 3 nitrogen and oxygen atoms in total. The molecular formula is C21H32N2OS. The molecular weight excluding hydrogens is 328 g/mol. The molecule has 1 aliphatic rings. The maximum absolute atomic E-state index is 12.2. The van der Waals surface area contributed by atoms with Crippen molar-refractivity contribution in [1.82, 2.24) is 0 Å². The Hall–Kier alpha value is -1.34. The van der Waals surface area contributed by atoms with Gasteiger partial charge in [-0.25, -0.2) is 0 Å². The molecule has 1 aliphatic carbocycles. The topological polar surface area (TPSA) is 52.9 Å². The third kappa shape index (κ3) is 6.47. The molecule has 0 unspecified atom stereocenters. The average Bonchev–Trinajstić information content (AvgIpc) is 2.77. The van der Waals surface area contributed by atoms with Crippen molar-refractivity contribution in [2.75, 3.05) is 5.32 Å². The van der Waals surface area contributed by atoms with Gasteiger partial charge >= 0.3 is 0 Å². The fourth-order valence-electron chi connectivity index (χ4n) is 3.56. The number of nitrogens with zero attached hydrogens (tertiary/aromatic N) is 1. The number of nitrogens with one attached hydrogen (secondary N) is 1. The van der Waals surface area contributed by atoms with Crippen molar-refractivity contribution in [2.45, 2.75) is 96.8 Å². The van der Waals surface area contributed by atoms with Crippen molar-refractivity contribution < 1.29 is 4.79 Å². The summed E-state index contributed by atoms with van der Waals surface area (Å²) in [5, 5.41) is 13.3. The van der Waals surface area contributed by atoms with Gasteiger partial charge in [0.05, 0.1) is 5.56 Å². The molecule has 0 aromatic carbocycles. The van der Waals surface area contributed by atoms with Gasteiger partial charge in [0, 0.05) is 11.3 Å². The molecule has 1 aromatic rings. The molecule has 0 saturated heterocycles. The monoisotopic (exact) mass is 360 g/mol. The lowest BCUT2D eigenvalue weighted by molar-refractivity contribution is -0.116. The number of anilines is 1. The SMILES string of the molecule is CCCCCCCCCCC(=O)Nc1sc2c(c1C#N)CCCCC2. The van der Waals surface area contributed by atoms with Gasteiger partial charge in [0.25, 0.3) is 0 Å². The molecule has 1 N–H and O–H groups in total. The summed E-state index contributed by atoms with van der Waals surface area (Å²) in [5.74, 6) is 0.0684. The normalized spacial score (nSPS) is 13.8. The Balaban J connectivity index is 1.73. The maximum atomic E-state index is 12.2. The summed E-state index contributed by atoms with van der Waals surface area (Å²) in [6.45, 7) is 2.24. The summed E-state index contributed by atoms with van der Waals surface area (Å²) in [4.78, 5) is 13.5. The number of thiophene rings is 1. The molecule has 1 aromatic heterocycles. The van der Waals surface area contributed by atoms with Crippen LogP contribution in [0.25, 0.3) is 0 Å². The van der Waals surface area contributed by atoms with E-state index in [4.69, 9.17) is 0 Å². The highest BCUT2D eigenvalue weighted by Crippen LogP contribution is 2.37. The summed E-state index contributed by atoms with van der Waals surface area (Å²) >= 11 is 1.63. The quantitative estimate of drug-likeness (QED) is 0.390. The number of unbranched alkanes of at least 4 members (excludes halogenated alkanes) is 7. The van der Waals surface area contributed by atoms with E-state index in [1.54, 1.807) is 11.3 Å². The van der Waals surface area contributed by atoms with Crippen molar-refractivity contribution in [3.8, 4) is 6.07 Å². The molecule has 2 rings (SSSR count). The van der Waals surface area contributed by atoms with Crippen LogP contribution in [-0.2, 0) is 17.6 Å². The van der Waals surface area contributed by atoms with Gasteiger partial charge in [-0.15, -0.1) is 11.3 Å². The van der Waals surface area contributed by atoms with E-state index in [2.05, 4.69) is 18.3 Å². The number of nitriles is 1. The highest BCUT2D eigenvalue weighted by Gasteiger charge is 2.20. The van der Waals surface area contributed by atoms with E-state index in [9.17, 15) is 10.1 Å². The molecule has 0 fully saturated rings. The first kappa shape index (κ1) is 20.0. The zero-order valence-corrected chi connectivity index (χ0v) is 16.5. The van der Waals surface area contributed by atoms with Gasteiger partial charge in [-0.05, 0) is 37.7 Å². The number of hydrogen-bond donors (Lipinski definition) is 1. The van der Waals surface area contributed by atoms with Crippen LogP contribution in [0, 0.1) is 11.3 Å². The molecule has 0 bridgehead atoms. The number of carbonyl (C=O) groups excluding carboxylic acids is 1. The van der Waals surface area contributed by atoms with E-state index in [0.29, 0.717) is 6.42 Å². The Morgan fingerprint density at radius 1 is 1.04 bits per heavy atom. The number of amides is 1. The summed E-state index contributed by atoms with van der Waals surface area (Å²) < 4.78 is 0. The average molecular weight is 361 g/mol. The first-order valence-corrected chi connectivity index (χ1v) is 10.9. The first-order valence-electron chi connectivity index (χ1n) is 10.1. The predicted molar refractivity (Wildman–Crippen MR) is 106 cm³/mol. The fraction of sp³-hybridized carbons (Fsp3) is 0.714. The molecule has 4 heteroatoms. The van der Waals surface area contributed by atoms with Crippen LogP contribution in [0.1, 0.15) is 100.0 Å². The number of rotatable bonds is 10. The zero-order chi connectivity index (χ0) is 17.9. The molecule has 25 heavy (non-hydrogen) atoms. The fourth-order valence-corrected chi connectivity index (χ4v) is 4.81. The molecule has 1 amide bonds. The second-order valence-corrected chi connectivity index (χ2v) is 8.26. The van der Waals surface area contributed by atoms with Crippen LogP contribution < -0.4 is 5.32 Å². The van der Waals surface area contributed by atoms with Crippen molar-refractivity contribution in [1.29, 1.82) is 5.26 Å². The van der Waals surface area contributed by atoms with E-state index >= 15 is 0 Å². The van der Waals surface area contributed by atoms with Crippen LogP contribution in [0.15, 0.2) is 0 Å². The Morgan fingerprint density at radius 2 is 1.72 bits per heavy atom. The Morgan fingerprint density at radius 3 is 2.44 bits per heavy atom. The minimum Gasteiger partial charge on any atom is -0.317 e. The predicted octanol–water partition coefficient (Wildman–Crippen LogP) is 6.36. The minimum absolute atomic E-state index is 0.0684. The standard InChI is InChI=1S/C21H32N2OS/c1-2-3-4-5-6-7-8-12-15-20(24)23-21-18(16-22)17-13-10-9-11-14-19(17)25-21/h2-15H2,1H3,(H,23,24). The Bertz CT molecular complexity index is 585. The molecule has 1 heterocycles. The largest absolute Gasteiger partial charge is 0.317 e. The number of aryl methyl sites for hydroxylation is 1. The van der Waals surface area contributed by atoms with Gasteiger partial charge in [0.1, 0.15) is 11.1 Å². The van der Waals surface area contributed by atoms with Crippen molar-refractivity contribution in [3.63, 3.8) is 0 Å². The lowest BCUT2D eigenvalue weighted by atomic mass is 10.1. The van der Waals surface area contributed by atoms with Crippen molar-refractivity contribution in [3.05, 3.63) is 16.0 Å². The van der Waals surface area contributed by atoms with Crippen molar-refractivity contribution >= 4 is 22.2 Å². The number of fused-ring (bicyclic) bond motifs is 1. The summed E-state index contributed by atoms with van der Waals surface area (Å²) in [5.41, 5.74) is 1.93. The summed E-state index contributed by atoms with van der Waals surface area (Å²) in [6.07, 6.45) is 16.1. The highest BCUT2D eigenvalue weighted by atomic mass is 32.1. The molecule has 0 spiro atoms. The zero-order valence-electron chi connectivity index (χ0n) is 15.7. The molecule has 0 atom stereocenters. The van der Waals surface area contributed by atoms with Crippen LogP contribution in [-0.4, -0.2) is 5.91 Å². The lowest BCUT2D eigenvalue weighted by Crippen LogP contribution is -2.11. The van der Waals surface area contributed by atoms with Gasteiger partial charge in [0.15, 0.2) is 0 Å². The van der Waals surface area contributed by atoms with Gasteiger partial charge in [-0.3, -0.25) is 4.79 Å². The van der Waals surface area contributed by atoms with Gasteiger partial charge in [0.2, 0.25) is 5.91 Å². The Kier molecular flexibility index (Phi) is 9.04. The number of carbonyl (C=O) groups is 1. The molecule has 138 valence electrons. The van der Waals surface area contributed by atoms with Gasteiger partial charge < -0.3 is 5.32 Å². The molecule has 0 radical (unpaired) electrons. The van der Waals surface area contributed by atoms with E-state index in [1.807, 2.05) is 0 Å². The minimum atomic E-state index is 0.0684. The first-order chi connectivity index (χ1) is 12.3. The van der Waals surface area contributed by atoms with Crippen LogP contribution >= 0.6 is 11.3 Å². The maximum Gasteiger partial charge on any atom is 0.225 e. The van der Waals surface area contributed by atoms with E-state index in [-0.39, 0.29) is 5.91 Å². The highest BCUT2D eigenvalue weighted by molar-refractivity contribution is 7.16. The van der Waals surface area contributed by atoms with Crippen LogP contribution in [0.4, 0.5) is 5.00 Å². The summed E-state index contributed by atoms with van der Waals surface area (Å²) in [6, 6.07) is 2.33. The van der Waals surface area contributed by atoms with Gasteiger partial charge in [-0.2, -0.15) is 5.26 Å². The lowest BCUT2D eigenvalue weighted by Gasteiger charge is -2.04. The molecule has 0 saturated carbocycles. The van der Waals surface area contributed by atoms with E-state index < -0.39 is 0 Å². The second-order valence-electron chi connectivity index (χ2n) is 7.15. The van der Waals surface area contributed by atoms with Crippen LogP contribution in [0.2, 0.25) is 0 Å². The number of hydrogen-bond acceptors (Lipinski definition) is 3. The third-order valence-corrected chi connectivity index (χ3v) is 6.25.